The molecule has 0 atom stereocenters. The molecular weight excluding hydrogens is 212 g/mol. The number of benzene rings is 1. The topological polar surface area (TPSA) is 46.3 Å². The number of anilines is 1. The van der Waals surface area contributed by atoms with Crippen LogP contribution in [0.1, 0.15) is 31.2 Å². The van der Waals surface area contributed by atoms with E-state index in [9.17, 15) is 4.79 Å². The van der Waals surface area contributed by atoms with Gasteiger partial charge in [-0.25, -0.2) is 0 Å². The molecule has 92 valence electrons. The Kier molecular flexibility index (Phi) is 3.67. The molecule has 0 radical (unpaired) electrons. The fraction of sp³-hybridized carbons (Fsp3) is 0.500. The fourth-order valence-electron chi connectivity index (χ4n) is 2.08. The van der Waals surface area contributed by atoms with Crippen LogP contribution in [0.15, 0.2) is 24.3 Å². The van der Waals surface area contributed by atoms with Gasteiger partial charge in [0.1, 0.15) is 0 Å². The number of carbonyl (C=O) groups is 1. The molecule has 1 aliphatic carbocycles. The van der Waals surface area contributed by atoms with E-state index in [0.717, 1.165) is 11.3 Å². The summed E-state index contributed by atoms with van der Waals surface area (Å²) in [6.07, 6.45) is 4.45. The third kappa shape index (κ3) is 3.22. The van der Waals surface area contributed by atoms with E-state index in [1.54, 1.807) is 0 Å². The van der Waals surface area contributed by atoms with Crippen LogP contribution in [-0.4, -0.2) is 17.9 Å². The molecule has 1 aliphatic rings. The first-order valence-corrected chi connectivity index (χ1v) is 6.23. The molecule has 1 saturated carbocycles. The molecule has 1 aromatic carbocycles. The number of amides is 1. The second-order valence-corrected chi connectivity index (χ2v) is 4.99. The largest absolute Gasteiger partial charge is 0.399 e. The van der Waals surface area contributed by atoms with Crippen LogP contribution in [0.5, 0.6) is 0 Å². The Morgan fingerprint density at radius 1 is 1.35 bits per heavy atom. The Morgan fingerprint density at radius 3 is 2.53 bits per heavy atom. The van der Waals surface area contributed by atoms with Crippen LogP contribution in [0.4, 0.5) is 5.69 Å². The van der Waals surface area contributed by atoms with Gasteiger partial charge in [-0.05, 0) is 36.5 Å². The van der Waals surface area contributed by atoms with Crippen molar-refractivity contribution in [3.8, 4) is 0 Å². The molecule has 0 bridgehead atoms. The summed E-state index contributed by atoms with van der Waals surface area (Å²) in [7, 11) is 1.87. The molecule has 0 spiro atoms. The minimum atomic E-state index is 0.256. The maximum Gasteiger partial charge on any atom is 0.222 e. The van der Waals surface area contributed by atoms with Crippen molar-refractivity contribution in [2.24, 2.45) is 5.92 Å². The van der Waals surface area contributed by atoms with Crippen LogP contribution in [0.25, 0.3) is 0 Å². The maximum atomic E-state index is 11.9. The van der Waals surface area contributed by atoms with Gasteiger partial charge in [-0.15, -0.1) is 0 Å². The minimum Gasteiger partial charge on any atom is -0.399 e. The highest BCUT2D eigenvalue weighted by molar-refractivity contribution is 5.76. The molecule has 17 heavy (non-hydrogen) atoms. The van der Waals surface area contributed by atoms with E-state index < -0.39 is 0 Å². The highest BCUT2D eigenvalue weighted by Gasteiger charge is 2.22. The van der Waals surface area contributed by atoms with E-state index in [-0.39, 0.29) is 5.91 Å². The molecule has 2 rings (SSSR count). The summed E-state index contributed by atoms with van der Waals surface area (Å²) in [5.41, 5.74) is 7.52. The highest BCUT2D eigenvalue weighted by atomic mass is 16.2. The summed E-state index contributed by atoms with van der Waals surface area (Å²) in [5.74, 6) is 0.892. The van der Waals surface area contributed by atoms with Crippen LogP contribution >= 0.6 is 0 Å². The lowest BCUT2D eigenvalue weighted by atomic mass is 9.83. The van der Waals surface area contributed by atoms with Gasteiger partial charge in [0.2, 0.25) is 5.91 Å². The van der Waals surface area contributed by atoms with Gasteiger partial charge < -0.3 is 10.6 Å². The highest BCUT2D eigenvalue weighted by Crippen LogP contribution is 2.29. The molecule has 2 N–H and O–H groups in total. The van der Waals surface area contributed by atoms with E-state index in [1.165, 1.54) is 19.3 Å². The van der Waals surface area contributed by atoms with E-state index in [2.05, 4.69) is 0 Å². The van der Waals surface area contributed by atoms with Gasteiger partial charge in [0.25, 0.3) is 0 Å². The molecule has 0 unspecified atom stereocenters. The smallest absolute Gasteiger partial charge is 0.222 e. The van der Waals surface area contributed by atoms with E-state index in [4.69, 9.17) is 5.73 Å². The molecule has 1 amide bonds. The van der Waals surface area contributed by atoms with Crippen LogP contribution in [0.2, 0.25) is 0 Å². The van der Waals surface area contributed by atoms with Crippen molar-refractivity contribution in [2.75, 3.05) is 12.8 Å². The van der Waals surface area contributed by atoms with Crippen LogP contribution in [0.3, 0.4) is 0 Å². The summed E-state index contributed by atoms with van der Waals surface area (Å²) in [6, 6.07) is 7.70. The van der Waals surface area contributed by atoms with Gasteiger partial charge >= 0.3 is 0 Å². The number of nitrogens with zero attached hydrogens (tertiary/aromatic N) is 1. The maximum absolute atomic E-state index is 11.9. The zero-order chi connectivity index (χ0) is 12.3. The zero-order valence-corrected chi connectivity index (χ0v) is 10.4. The third-order valence-corrected chi connectivity index (χ3v) is 3.51. The Balaban J connectivity index is 1.84. The van der Waals surface area contributed by atoms with Gasteiger partial charge in [-0.3, -0.25) is 4.79 Å². The second kappa shape index (κ2) is 5.21. The second-order valence-electron chi connectivity index (χ2n) is 4.99. The molecule has 0 saturated heterocycles. The molecule has 0 aromatic heterocycles. The van der Waals surface area contributed by atoms with Gasteiger partial charge in [-0.1, -0.05) is 18.6 Å². The van der Waals surface area contributed by atoms with Crippen molar-refractivity contribution >= 4 is 11.6 Å². The number of hydrogen-bond acceptors (Lipinski definition) is 2. The number of nitrogen functional groups attached to an aromatic ring is 1. The lowest BCUT2D eigenvalue weighted by Crippen LogP contribution is -2.29. The molecular formula is C14H20N2O. The molecule has 3 heteroatoms. The monoisotopic (exact) mass is 232 g/mol. The number of nitrogens with two attached hydrogens (primary N) is 1. The minimum absolute atomic E-state index is 0.256. The Hall–Kier alpha value is -1.51. The lowest BCUT2D eigenvalue weighted by molar-refractivity contribution is -0.132. The van der Waals surface area contributed by atoms with Crippen LogP contribution in [0, 0.1) is 5.92 Å². The van der Waals surface area contributed by atoms with E-state index in [1.807, 2.05) is 36.2 Å². The Labute approximate surface area is 103 Å². The molecule has 1 aromatic rings. The first-order valence-electron chi connectivity index (χ1n) is 6.23. The molecule has 1 fully saturated rings. The standard InChI is InChI=1S/C14H20N2O/c1-16(14(17)9-11-3-2-4-11)10-12-5-7-13(15)8-6-12/h5-8,11H,2-4,9-10,15H2,1H3. The summed E-state index contributed by atoms with van der Waals surface area (Å²) in [5, 5.41) is 0. The van der Waals surface area contributed by atoms with Crippen molar-refractivity contribution in [2.45, 2.75) is 32.2 Å². The van der Waals surface area contributed by atoms with Gasteiger partial charge in [0, 0.05) is 25.7 Å². The van der Waals surface area contributed by atoms with Crippen LogP contribution in [-0.2, 0) is 11.3 Å². The van der Waals surface area contributed by atoms with E-state index >= 15 is 0 Å². The molecule has 3 nitrogen and oxygen atoms in total. The number of carbonyl (C=O) groups excluding carboxylic acids is 1. The fourth-order valence-corrected chi connectivity index (χ4v) is 2.08. The summed E-state index contributed by atoms with van der Waals surface area (Å²) < 4.78 is 0. The first-order chi connectivity index (χ1) is 8.15. The number of rotatable bonds is 4. The van der Waals surface area contributed by atoms with Crippen molar-refractivity contribution in [1.29, 1.82) is 0 Å². The average molecular weight is 232 g/mol. The summed E-state index contributed by atoms with van der Waals surface area (Å²) in [4.78, 5) is 13.7. The summed E-state index contributed by atoms with van der Waals surface area (Å²) in [6.45, 7) is 0.672. The van der Waals surface area contributed by atoms with Gasteiger partial charge in [0.05, 0.1) is 0 Å². The summed E-state index contributed by atoms with van der Waals surface area (Å²) >= 11 is 0. The van der Waals surface area contributed by atoms with Crippen molar-refractivity contribution in [1.82, 2.24) is 4.90 Å². The number of hydrogen-bond donors (Lipinski definition) is 1. The third-order valence-electron chi connectivity index (χ3n) is 3.51. The predicted octanol–water partition coefficient (Wildman–Crippen LogP) is 2.42. The van der Waals surface area contributed by atoms with Crippen LogP contribution < -0.4 is 5.73 Å². The Bertz CT molecular complexity index is 382. The molecule has 0 aliphatic heterocycles. The quantitative estimate of drug-likeness (QED) is 0.810. The lowest BCUT2D eigenvalue weighted by Gasteiger charge is -2.27. The van der Waals surface area contributed by atoms with Crippen molar-refractivity contribution in [3.63, 3.8) is 0 Å². The Morgan fingerprint density at radius 2 is 2.00 bits per heavy atom. The SMILES string of the molecule is CN(Cc1ccc(N)cc1)C(=O)CC1CCC1. The van der Waals surface area contributed by atoms with Gasteiger partial charge in [0.15, 0.2) is 0 Å². The van der Waals surface area contributed by atoms with E-state index in [0.29, 0.717) is 18.9 Å². The van der Waals surface area contributed by atoms with Gasteiger partial charge in [-0.2, -0.15) is 0 Å². The normalized spacial score (nSPS) is 15.4. The molecule has 0 heterocycles. The zero-order valence-electron chi connectivity index (χ0n) is 10.4. The predicted molar refractivity (Wildman–Crippen MR) is 69.3 cm³/mol. The van der Waals surface area contributed by atoms with Crippen molar-refractivity contribution < 1.29 is 4.79 Å². The van der Waals surface area contributed by atoms with Crippen molar-refractivity contribution in [3.05, 3.63) is 29.8 Å². The average Bonchev–Trinajstić information content (AvgIpc) is 2.26. The first kappa shape index (κ1) is 12.0.